The number of likely N-dealkylation sites (N-methyl/N-ethyl adjacent to an activating group) is 2. The van der Waals surface area contributed by atoms with Gasteiger partial charge in [0.05, 0.1) is 10.6 Å². The van der Waals surface area contributed by atoms with Crippen molar-refractivity contribution in [3.8, 4) is 0 Å². The van der Waals surface area contributed by atoms with E-state index in [9.17, 15) is 9.59 Å². The van der Waals surface area contributed by atoms with E-state index >= 15 is 0 Å². The first-order valence-electron chi connectivity index (χ1n) is 11.4. The van der Waals surface area contributed by atoms with E-state index in [2.05, 4.69) is 29.3 Å². The Kier molecular flexibility index (Phi) is 7.38. The van der Waals surface area contributed by atoms with Gasteiger partial charge in [0, 0.05) is 42.8 Å². The molecular weight excluding hydrogens is 442 g/mol. The molecule has 34 heavy (non-hydrogen) atoms. The molecule has 5 nitrogen and oxygen atoms in total. The van der Waals surface area contributed by atoms with E-state index < -0.39 is 0 Å². The Hall–Kier alpha value is -3.51. The third-order valence-electron chi connectivity index (χ3n) is 5.96. The number of fused-ring (bicyclic) bond motifs is 1. The third-order valence-corrected chi connectivity index (χ3v) is 7.04. The predicted molar refractivity (Wildman–Crippen MR) is 142 cm³/mol. The normalized spacial score (nSPS) is 14.1. The molecule has 4 rings (SSSR count). The average molecular weight is 472 g/mol. The highest BCUT2D eigenvalue weighted by atomic mass is 32.2. The largest absolute Gasteiger partial charge is 0.370 e. The van der Waals surface area contributed by atoms with Crippen molar-refractivity contribution in [2.45, 2.75) is 18.7 Å². The SMILES string of the molecule is CCN(CCNC(=O)c1ccc2c(c1)N(C)C(=O)/C(=C/c1ccccc1C)S2)c1ccccc1. The van der Waals surface area contributed by atoms with Crippen LogP contribution >= 0.6 is 11.8 Å². The minimum absolute atomic E-state index is 0.0697. The summed E-state index contributed by atoms with van der Waals surface area (Å²) in [4.78, 5) is 31.3. The summed E-state index contributed by atoms with van der Waals surface area (Å²) in [7, 11) is 1.76. The number of aryl methyl sites for hydroxylation is 1. The Balaban J connectivity index is 1.45. The molecule has 2 amide bonds. The lowest BCUT2D eigenvalue weighted by Crippen LogP contribution is -2.35. The maximum Gasteiger partial charge on any atom is 0.264 e. The molecule has 0 saturated heterocycles. The van der Waals surface area contributed by atoms with Gasteiger partial charge in [0.1, 0.15) is 0 Å². The zero-order valence-corrected chi connectivity index (χ0v) is 20.6. The monoisotopic (exact) mass is 471 g/mol. The highest BCUT2D eigenvalue weighted by Crippen LogP contribution is 2.42. The summed E-state index contributed by atoms with van der Waals surface area (Å²) < 4.78 is 0. The molecule has 1 heterocycles. The summed E-state index contributed by atoms with van der Waals surface area (Å²) in [5, 5.41) is 3.01. The molecule has 6 heteroatoms. The molecule has 3 aromatic rings. The molecule has 3 aromatic carbocycles. The van der Waals surface area contributed by atoms with Gasteiger partial charge < -0.3 is 15.1 Å². The molecule has 0 atom stereocenters. The fraction of sp³-hybridized carbons (Fsp3) is 0.214. The molecule has 0 aromatic heterocycles. The summed E-state index contributed by atoms with van der Waals surface area (Å²) in [5.74, 6) is -0.209. The standard InChI is InChI=1S/C28H29N3O2S/c1-4-31(23-12-6-5-7-13-23)17-16-29-27(32)22-14-15-25-24(18-22)30(3)28(33)26(34-25)19-21-11-9-8-10-20(21)2/h5-15,18-19H,4,16-17H2,1-3H3,(H,29,32)/b26-19-. The van der Waals surface area contributed by atoms with Gasteiger partial charge in [-0.15, -0.1) is 0 Å². The zero-order valence-electron chi connectivity index (χ0n) is 19.7. The molecule has 0 bridgehead atoms. The van der Waals surface area contributed by atoms with E-state index in [0.29, 0.717) is 17.0 Å². The van der Waals surface area contributed by atoms with Gasteiger partial charge in [0.25, 0.3) is 11.8 Å². The molecule has 1 aliphatic heterocycles. The van der Waals surface area contributed by atoms with Gasteiger partial charge in [-0.25, -0.2) is 0 Å². The average Bonchev–Trinajstić information content (AvgIpc) is 2.86. The quantitative estimate of drug-likeness (QED) is 0.471. The van der Waals surface area contributed by atoms with Crippen LogP contribution < -0.4 is 15.1 Å². The van der Waals surface area contributed by atoms with Crippen LogP contribution in [0.3, 0.4) is 0 Å². The molecule has 0 unspecified atom stereocenters. The van der Waals surface area contributed by atoms with Crippen molar-refractivity contribution in [3.05, 3.63) is 94.4 Å². The van der Waals surface area contributed by atoms with Gasteiger partial charge >= 0.3 is 0 Å². The van der Waals surface area contributed by atoms with E-state index in [1.807, 2.05) is 67.6 Å². The van der Waals surface area contributed by atoms with Crippen molar-refractivity contribution in [1.82, 2.24) is 5.32 Å². The zero-order chi connectivity index (χ0) is 24.1. The summed E-state index contributed by atoms with van der Waals surface area (Å²) in [6.07, 6.45) is 1.94. The molecule has 1 N–H and O–H groups in total. The van der Waals surface area contributed by atoms with Crippen LogP contribution in [-0.2, 0) is 4.79 Å². The smallest absolute Gasteiger partial charge is 0.264 e. The maximum atomic E-state index is 13.0. The van der Waals surface area contributed by atoms with Gasteiger partial charge in [0.15, 0.2) is 0 Å². The van der Waals surface area contributed by atoms with Crippen molar-refractivity contribution >= 4 is 41.0 Å². The van der Waals surface area contributed by atoms with Crippen LogP contribution in [0.1, 0.15) is 28.4 Å². The van der Waals surface area contributed by atoms with Crippen LogP contribution in [0, 0.1) is 6.92 Å². The number of benzene rings is 3. The Labute approximate surface area is 205 Å². The summed E-state index contributed by atoms with van der Waals surface area (Å²) in [6, 6.07) is 23.7. The highest BCUT2D eigenvalue weighted by Gasteiger charge is 2.27. The van der Waals surface area contributed by atoms with E-state index in [0.717, 1.165) is 40.5 Å². The molecule has 0 radical (unpaired) electrons. The van der Waals surface area contributed by atoms with Crippen molar-refractivity contribution in [2.24, 2.45) is 0 Å². The van der Waals surface area contributed by atoms with Crippen molar-refractivity contribution in [3.63, 3.8) is 0 Å². The Morgan fingerprint density at radius 2 is 1.79 bits per heavy atom. The van der Waals surface area contributed by atoms with E-state index in [1.54, 1.807) is 18.0 Å². The molecule has 0 fully saturated rings. The first kappa shape index (κ1) is 23.6. The van der Waals surface area contributed by atoms with Gasteiger partial charge in [-0.1, -0.05) is 54.2 Å². The number of hydrogen-bond acceptors (Lipinski definition) is 4. The lowest BCUT2D eigenvalue weighted by molar-refractivity contribution is -0.114. The van der Waals surface area contributed by atoms with E-state index in [-0.39, 0.29) is 11.8 Å². The number of para-hydroxylation sites is 1. The molecule has 1 aliphatic rings. The van der Waals surface area contributed by atoms with Crippen LogP contribution in [0.25, 0.3) is 6.08 Å². The van der Waals surface area contributed by atoms with Crippen molar-refractivity contribution < 1.29 is 9.59 Å². The number of hydrogen-bond donors (Lipinski definition) is 1. The van der Waals surface area contributed by atoms with Crippen LogP contribution in [0.5, 0.6) is 0 Å². The molecule has 0 aliphatic carbocycles. The van der Waals surface area contributed by atoms with Gasteiger partial charge in [-0.2, -0.15) is 0 Å². The number of thioether (sulfide) groups is 1. The Bertz CT molecular complexity index is 1220. The van der Waals surface area contributed by atoms with Crippen LogP contribution in [-0.4, -0.2) is 38.5 Å². The lowest BCUT2D eigenvalue weighted by atomic mass is 10.1. The van der Waals surface area contributed by atoms with E-state index in [4.69, 9.17) is 0 Å². The summed E-state index contributed by atoms with van der Waals surface area (Å²) in [5.41, 5.74) is 4.59. The summed E-state index contributed by atoms with van der Waals surface area (Å²) in [6.45, 7) is 6.25. The van der Waals surface area contributed by atoms with Gasteiger partial charge in [-0.3, -0.25) is 9.59 Å². The first-order valence-corrected chi connectivity index (χ1v) is 12.2. The number of nitrogens with zero attached hydrogens (tertiary/aromatic N) is 2. The minimum Gasteiger partial charge on any atom is -0.370 e. The fourth-order valence-corrected chi connectivity index (χ4v) is 5.02. The second-order valence-electron chi connectivity index (χ2n) is 8.19. The predicted octanol–water partition coefficient (Wildman–Crippen LogP) is 5.36. The van der Waals surface area contributed by atoms with Gasteiger partial charge in [0.2, 0.25) is 0 Å². The highest BCUT2D eigenvalue weighted by molar-refractivity contribution is 8.04. The molecule has 174 valence electrons. The number of carbonyl (C=O) groups excluding carboxylic acids is 2. The second-order valence-corrected chi connectivity index (χ2v) is 9.27. The molecule has 0 spiro atoms. The molecular formula is C28H29N3O2S. The fourth-order valence-electron chi connectivity index (χ4n) is 3.94. The minimum atomic E-state index is -0.140. The number of carbonyl (C=O) groups is 2. The van der Waals surface area contributed by atoms with Crippen molar-refractivity contribution in [1.29, 1.82) is 0 Å². The summed E-state index contributed by atoms with van der Waals surface area (Å²) >= 11 is 1.45. The van der Waals surface area contributed by atoms with E-state index in [1.165, 1.54) is 11.8 Å². The maximum absolute atomic E-state index is 13.0. The number of amides is 2. The lowest BCUT2D eigenvalue weighted by Gasteiger charge is -2.27. The van der Waals surface area contributed by atoms with Crippen LogP contribution in [0.2, 0.25) is 0 Å². The van der Waals surface area contributed by atoms with Crippen molar-refractivity contribution in [2.75, 3.05) is 36.5 Å². The number of nitrogens with one attached hydrogen (secondary N) is 1. The number of anilines is 2. The topological polar surface area (TPSA) is 52.7 Å². The van der Waals surface area contributed by atoms with Gasteiger partial charge in [-0.05, 0) is 61.4 Å². The third kappa shape index (κ3) is 5.18. The van der Waals surface area contributed by atoms with Crippen LogP contribution in [0.15, 0.2) is 82.6 Å². The second kappa shape index (κ2) is 10.6. The Morgan fingerprint density at radius 1 is 1.06 bits per heavy atom. The van der Waals surface area contributed by atoms with Crippen LogP contribution in [0.4, 0.5) is 11.4 Å². The first-order chi connectivity index (χ1) is 16.5. The Morgan fingerprint density at radius 3 is 2.53 bits per heavy atom. The molecule has 0 saturated carbocycles. The number of rotatable bonds is 7.